The first kappa shape index (κ1) is 22.5. The van der Waals surface area contributed by atoms with Gasteiger partial charge in [-0.25, -0.2) is 0 Å². The van der Waals surface area contributed by atoms with Gasteiger partial charge in [0.2, 0.25) is 5.91 Å². The van der Waals surface area contributed by atoms with Crippen LogP contribution in [0.5, 0.6) is 0 Å². The van der Waals surface area contributed by atoms with Gasteiger partial charge in [0.15, 0.2) is 0 Å². The van der Waals surface area contributed by atoms with Crippen LogP contribution >= 0.6 is 0 Å². The number of nitrogens with zero attached hydrogens (tertiary/aromatic N) is 4. The second kappa shape index (κ2) is 8.33. The summed E-state index contributed by atoms with van der Waals surface area (Å²) in [5.74, 6) is 0.678. The van der Waals surface area contributed by atoms with E-state index in [0.29, 0.717) is 36.7 Å². The summed E-state index contributed by atoms with van der Waals surface area (Å²) in [5.41, 5.74) is 2.16. The smallest absolute Gasteiger partial charge is 0.337 e. The van der Waals surface area contributed by atoms with E-state index in [1.165, 1.54) is 11.6 Å². The van der Waals surface area contributed by atoms with Gasteiger partial charge in [-0.05, 0) is 54.6 Å². The minimum atomic E-state index is -4.44. The summed E-state index contributed by atoms with van der Waals surface area (Å²) in [5, 5.41) is 8.13. The number of carbonyl (C=O) groups is 1. The molecule has 1 saturated carbocycles. The van der Waals surface area contributed by atoms with E-state index in [1.807, 2.05) is 12.3 Å². The van der Waals surface area contributed by atoms with Crippen molar-refractivity contribution in [3.63, 3.8) is 0 Å². The van der Waals surface area contributed by atoms with Gasteiger partial charge in [-0.15, -0.1) is 0 Å². The molecule has 184 valence electrons. The Balaban J connectivity index is 1.20. The summed E-state index contributed by atoms with van der Waals surface area (Å²) in [6.45, 7) is 3.01. The topological polar surface area (TPSA) is 65.1 Å². The zero-order valence-corrected chi connectivity index (χ0v) is 19.4. The van der Waals surface area contributed by atoms with Crippen LogP contribution in [0.4, 0.5) is 13.2 Å². The number of aromatic nitrogens is 3. The Morgan fingerprint density at radius 2 is 2.03 bits per heavy atom. The molecule has 2 aromatic heterocycles. The molecule has 1 N–H and O–H groups in total. The van der Waals surface area contributed by atoms with Crippen LogP contribution in [0.25, 0.3) is 10.9 Å². The maximum absolute atomic E-state index is 14.0. The van der Waals surface area contributed by atoms with E-state index < -0.39 is 17.2 Å². The Kier molecular flexibility index (Phi) is 5.36. The molecule has 2 aliphatic heterocycles. The molecule has 1 atom stereocenters. The maximum atomic E-state index is 14.0. The number of hydrogen-bond donors (Lipinski definition) is 1. The number of fused-ring (bicyclic) bond motifs is 2. The summed E-state index contributed by atoms with van der Waals surface area (Å²) in [4.78, 5) is 22.2. The number of halogens is 3. The van der Waals surface area contributed by atoms with Gasteiger partial charge in [0.25, 0.3) is 0 Å². The van der Waals surface area contributed by atoms with Crippen LogP contribution in [-0.4, -0.2) is 50.5 Å². The number of pyridine rings is 1. The number of amides is 1. The molecule has 1 aromatic carbocycles. The van der Waals surface area contributed by atoms with Crippen LogP contribution in [0.3, 0.4) is 0 Å². The number of benzene rings is 1. The lowest BCUT2D eigenvalue weighted by Gasteiger charge is -2.37. The number of hydrogen-bond acceptors (Lipinski definition) is 4. The fourth-order valence-corrected chi connectivity index (χ4v) is 5.83. The maximum Gasteiger partial charge on any atom is 0.417 e. The molecule has 6 rings (SSSR count). The Labute approximate surface area is 201 Å². The molecule has 4 heterocycles. The largest absolute Gasteiger partial charge is 0.417 e. The van der Waals surface area contributed by atoms with Gasteiger partial charge in [0.05, 0.1) is 22.7 Å². The van der Waals surface area contributed by atoms with E-state index >= 15 is 0 Å². The van der Waals surface area contributed by atoms with Crippen molar-refractivity contribution in [1.82, 2.24) is 25.0 Å². The van der Waals surface area contributed by atoms with Crippen molar-refractivity contribution in [2.24, 2.45) is 11.3 Å². The van der Waals surface area contributed by atoms with Crippen molar-refractivity contribution in [3.05, 3.63) is 59.0 Å². The van der Waals surface area contributed by atoms with E-state index in [4.69, 9.17) is 0 Å². The lowest BCUT2D eigenvalue weighted by molar-refractivity contribution is -0.143. The van der Waals surface area contributed by atoms with E-state index in [2.05, 4.69) is 32.2 Å². The lowest BCUT2D eigenvalue weighted by Crippen LogP contribution is -2.47. The van der Waals surface area contributed by atoms with E-state index in [-0.39, 0.29) is 12.5 Å². The van der Waals surface area contributed by atoms with Crippen molar-refractivity contribution in [2.75, 3.05) is 19.6 Å². The summed E-state index contributed by atoms with van der Waals surface area (Å²) in [6.07, 6.45) is 2.76. The fraction of sp³-hybridized carbons (Fsp3) is 0.500. The first-order valence-electron chi connectivity index (χ1n) is 12.3. The number of likely N-dealkylation sites (tertiary alicyclic amines) is 1. The highest BCUT2D eigenvalue weighted by atomic mass is 19.4. The molecule has 2 fully saturated rings. The first-order chi connectivity index (χ1) is 16.8. The standard InChI is InChI=1S/C26H28F3N5O/c27-26(28,29)21-10-20-15-34(7-5-22(20)30-13-21)24(35)25(11-17-1-2-17)6-8-33(16-25)14-18-3-4-23-19(9-18)12-31-32-23/h3-4,9-10,12-13,17H,1-2,5-8,11,14-16H2,(H,31,32). The van der Waals surface area contributed by atoms with Crippen molar-refractivity contribution in [1.29, 1.82) is 0 Å². The van der Waals surface area contributed by atoms with Gasteiger partial charge in [-0.1, -0.05) is 18.9 Å². The van der Waals surface area contributed by atoms with Crippen molar-refractivity contribution < 1.29 is 18.0 Å². The number of H-pyrrole nitrogens is 1. The average molecular weight is 484 g/mol. The van der Waals surface area contributed by atoms with Crippen LogP contribution in [0.15, 0.2) is 36.7 Å². The molecule has 0 spiro atoms. The third kappa shape index (κ3) is 4.42. The van der Waals surface area contributed by atoms with Gasteiger partial charge >= 0.3 is 6.18 Å². The van der Waals surface area contributed by atoms with E-state index in [1.54, 1.807) is 4.90 Å². The molecule has 1 saturated heterocycles. The number of nitrogens with one attached hydrogen (secondary N) is 1. The minimum Gasteiger partial charge on any atom is -0.337 e. The molecule has 0 bridgehead atoms. The second-order valence-corrected chi connectivity index (χ2v) is 10.5. The van der Waals surface area contributed by atoms with E-state index in [9.17, 15) is 18.0 Å². The minimum absolute atomic E-state index is 0.0975. The summed E-state index contributed by atoms with van der Waals surface area (Å²) in [7, 11) is 0. The van der Waals surface area contributed by atoms with Gasteiger partial charge in [0, 0.05) is 49.9 Å². The van der Waals surface area contributed by atoms with Crippen molar-refractivity contribution in [2.45, 2.75) is 51.4 Å². The molecule has 1 aliphatic carbocycles. The van der Waals surface area contributed by atoms with Gasteiger partial charge in [0.1, 0.15) is 0 Å². The highest BCUT2D eigenvalue weighted by Crippen LogP contribution is 2.47. The van der Waals surface area contributed by atoms with E-state index in [0.717, 1.165) is 55.9 Å². The first-order valence-corrected chi connectivity index (χ1v) is 12.3. The molecule has 0 radical (unpaired) electrons. The van der Waals surface area contributed by atoms with Gasteiger partial charge in [-0.3, -0.25) is 19.8 Å². The molecule has 3 aliphatic rings. The Morgan fingerprint density at radius 3 is 2.83 bits per heavy atom. The molecular formula is C26H28F3N5O. The quantitative estimate of drug-likeness (QED) is 0.578. The number of carbonyl (C=O) groups excluding carboxylic acids is 1. The predicted molar refractivity (Wildman–Crippen MR) is 124 cm³/mol. The summed E-state index contributed by atoms with van der Waals surface area (Å²) < 4.78 is 39.7. The second-order valence-electron chi connectivity index (χ2n) is 10.5. The Hall–Kier alpha value is -2.94. The molecule has 35 heavy (non-hydrogen) atoms. The molecule has 3 aromatic rings. The SMILES string of the molecule is O=C(N1CCc2ncc(C(F)(F)F)cc2C1)C1(CC2CC2)CCN(Cc2ccc3[nH]ncc3c2)C1. The third-order valence-corrected chi connectivity index (χ3v) is 7.83. The van der Waals surface area contributed by atoms with Crippen molar-refractivity contribution in [3.8, 4) is 0 Å². The van der Waals surface area contributed by atoms with Crippen LogP contribution in [0.1, 0.15) is 48.1 Å². The van der Waals surface area contributed by atoms with Gasteiger partial charge in [-0.2, -0.15) is 18.3 Å². The highest BCUT2D eigenvalue weighted by Gasteiger charge is 2.49. The number of aromatic amines is 1. The Bertz CT molecular complexity index is 1270. The van der Waals surface area contributed by atoms with Crippen LogP contribution < -0.4 is 0 Å². The summed E-state index contributed by atoms with van der Waals surface area (Å²) >= 11 is 0. The zero-order chi connectivity index (χ0) is 24.2. The molecule has 1 unspecified atom stereocenters. The van der Waals surface area contributed by atoms with Crippen LogP contribution in [0.2, 0.25) is 0 Å². The molecule has 9 heteroatoms. The molecule has 6 nitrogen and oxygen atoms in total. The van der Waals surface area contributed by atoms with Gasteiger partial charge < -0.3 is 4.90 Å². The normalized spacial score (nSPS) is 23.1. The zero-order valence-electron chi connectivity index (χ0n) is 19.4. The fourth-order valence-electron chi connectivity index (χ4n) is 5.83. The summed E-state index contributed by atoms with van der Waals surface area (Å²) in [6, 6.07) is 7.43. The van der Waals surface area contributed by atoms with Crippen molar-refractivity contribution >= 4 is 16.8 Å². The molecular weight excluding hydrogens is 455 g/mol. The third-order valence-electron chi connectivity index (χ3n) is 7.83. The highest BCUT2D eigenvalue weighted by molar-refractivity contribution is 5.84. The monoisotopic (exact) mass is 483 g/mol. The number of rotatable bonds is 5. The number of alkyl halides is 3. The lowest BCUT2D eigenvalue weighted by atomic mass is 9.79. The van der Waals surface area contributed by atoms with Crippen LogP contribution in [-0.2, 0) is 30.5 Å². The Morgan fingerprint density at radius 1 is 1.17 bits per heavy atom. The average Bonchev–Trinajstić information content (AvgIpc) is 3.36. The molecule has 1 amide bonds. The predicted octanol–water partition coefficient (Wildman–Crippen LogP) is 4.55. The van der Waals surface area contributed by atoms with Crippen LogP contribution in [0, 0.1) is 11.3 Å².